The van der Waals surface area contributed by atoms with Gasteiger partial charge in [0, 0.05) is 43.3 Å². The van der Waals surface area contributed by atoms with Gasteiger partial charge in [0.15, 0.2) is 0 Å². The van der Waals surface area contributed by atoms with Crippen LogP contribution in [0.4, 0.5) is 11.6 Å². The van der Waals surface area contributed by atoms with Gasteiger partial charge in [0.2, 0.25) is 0 Å². The smallest absolute Gasteiger partial charge is 0.256 e. The molecular weight excluding hydrogens is 340 g/mol. The highest BCUT2D eigenvalue weighted by atomic mass is 16.1. The monoisotopic (exact) mass is 362 g/mol. The zero-order chi connectivity index (χ0) is 18.8. The Morgan fingerprint density at radius 1 is 1.11 bits per heavy atom. The summed E-state index contributed by atoms with van der Waals surface area (Å²) >= 11 is 0. The lowest BCUT2D eigenvalue weighted by molar-refractivity contribution is 0.102. The summed E-state index contributed by atoms with van der Waals surface area (Å²) < 4.78 is 0. The minimum atomic E-state index is -0.193. The number of amides is 1. The molecule has 3 aromatic rings. The molecule has 1 aliphatic heterocycles. The number of nitrogens with zero attached hydrogens (tertiary/aromatic N) is 5. The molecule has 0 unspecified atom stereocenters. The fourth-order valence-corrected chi connectivity index (χ4v) is 3.24. The first-order chi connectivity index (χ1) is 13.1. The van der Waals surface area contributed by atoms with Crippen molar-refractivity contribution in [2.75, 3.05) is 43.4 Å². The first-order valence-electron chi connectivity index (χ1n) is 9.02. The van der Waals surface area contributed by atoms with E-state index < -0.39 is 0 Å². The van der Waals surface area contributed by atoms with E-state index in [0.29, 0.717) is 11.4 Å². The zero-order valence-corrected chi connectivity index (χ0v) is 15.5. The number of carbonyl (C=O) groups is 1. The Morgan fingerprint density at radius 2 is 1.93 bits per heavy atom. The van der Waals surface area contributed by atoms with Gasteiger partial charge in [-0.05, 0) is 43.8 Å². The van der Waals surface area contributed by atoms with E-state index in [1.807, 2.05) is 18.2 Å². The molecule has 138 valence electrons. The highest BCUT2D eigenvalue weighted by Crippen LogP contribution is 2.22. The number of hydrogen-bond acceptors (Lipinski definition) is 6. The average molecular weight is 362 g/mol. The lowest BCUT2D eigenvalue weighted by atomic mass is 10.1. The van der Waals surface area contributed by atoms with Crippen molar-refractivity contribution in [2.45, 2.75) is 6.92 Å². The van der Waals surface area contributed by atoms with Crippen LogP contribution < -0.4 is 10.2 Å². The van der Waals surface area contributed by atoms with Crippen molar-refractivity contribution in [1.82, 2.24) is 19.9 Å². The predicted molar refractivity (Wildman–Crippen MR) is 106 cm³/mol. The third-order valence-electron chi connectivity index (χ3n) is 4.88. The maximum Gasteiger partial charge on any atom is 0.256 e. The third-order valence-corrected chi connectivity index (χ3v) is 4.88. The number of rotatable bonds is 3. The number of carbonyl (C=O) groups excluding carboxylic acids is 1. The number of hydrogen-bond donors (Lipinski definition) is 1. The van der Waals surface area contributed by atoms with Gasteiger partial charge < -0.3 is 15.1 Å². The number of nitrogens with one attached hydrogen (secondary N) is 1. The molecule has 0 aliphatic carbocycles. The fourth-order valence-electron chi connectivity index (χ4n) is 3.24. The highest BCUT2D eigenvalue weighted by Gasteiger charge is 2.18. The van der Waals surface area contributed by atoms with Crippen molar-refractivity contribution in [1.29, 1.82) is 0 Å². The minimum absolute atomic E-state index is 0.193. The molecule has 0 radical (unpaired) electrons. The van der Waals surface area contributed by atoms with E-state index in [2.05, 4.69) is 39.1 Å². The van der Waals surface area contributed by atoms with E-state index >= 15 is 0 Å². The Kier molecular flexibility index (Phi) is 4.68. The molecule has 27 heavy (non-hydrogen) atoms. The lowest BCUT2D eigenvalue weighted by Crippen LogP contribution is -2.45. The van der Waals surface area contributed by atoms with Crippen molar-refractivity contribution in [2.24, 2.45) is 0 Å². The molecule has 2 aromatic heterocycles. The van der Waals surface area contributed by atoms with E-state index in [9.17, 15) is 4.79 Å². The summed E-state index contributed by atoms with van der Waals surface area (Å²) in [6, 6.07) is 9.23. The number of fused-ring (bicyclic) bond motifs is 1. The summed E-state index contributed by atoms with van der Waals surface area (Å²) in [6.45, 7) is 5.95. The van der Waals surface area contributed by atoms with E-state index in [1.165, 1.54) is 6.33 Å². The SMILES string of the molecule is Cc1ccc(NC(=O)c2ccc3ncncc3c2)nc1N1CCN(C)CC1. The van der Waals surface area contributed by atoms with E-state index in [-0.39, 0.29) is 5.91 Å². The van der Waals surface area contributed by atoms with Crippen LogP contribution in [0.25, 0.3) is 10.9 Å². The van der Waals surface area contributed by atoms with E-state index in [1.54, 1.807) is 18.3 Å². The number of pyridine rings is 1. The van der Waals surface area contributed by atoms with Crippen LogP contribution in [0.15, 0.2) is 42.9 Å². The molecule has 1 N–H and O–H groups in total. The van der Waals surface area contributed by atoms with Gasteiger partial charge in [-0.3, -0.25) is 4.79 Å². The van der Waals surface area contributed by atoms with Crippen LogP contribution in [0.3, 0.4) is 0 Å². The predicted octanol–water partition coefficient (Wildman–Crippen LogP) is 2.34. The van der Waals surface area contributed by atoms with E-state index in [4.69, 9.17) is 4.98 Å². The number of anilines is 2. The normalized spacial score (nSPS) is 15.1. The van der Waals surface area contributed by atoms with Crippen molar-refractivity contribution in [3.63, 3.8) is 0 Å². The van der Waals surface area contributed by atoms with Gasteiger partial charge in [0.25, 0.3) is 5.91 Å². The Hall–Kier alpha value is -3.06. The maximum absolute atomic E-state index is 12.7. The summed E-state index contributed by atoms with van der Waals surface area (Å²) in [5, 5.41) is 3.74. The van der Waals surface area contributed by atoms with Crippen LogP contribution in [-0.4, -0.2) is 59.0 Å². The molecule has 1 fully saturated rings. The zero-order valence-electron chi connectivity index (χ0n) is 15.5. The van der Waals surface area contributed by atoms with Crippen LogP contribution >= 0.6 is 0 Å². The van der Waals surface area contributed by atoms with Crippen LogP contribution in [0, 0.1) is 6.92 Å². The molecule has 7 nitrogen and oxygen atoms in total. The number of aromatic nitrogens is 3. The Labute approximate surface area is 158 Å². The van der Waals surface area contributed by atoms with Gasteiger partial charge in [0.1, 0.15) is 18.0 Å². The summed E-state index contributed by atoms with van der Waals surface area (Å²) in [5.74, 6) is 1.30. The number of benzene rings is 1. The van der Waals surface area contributed by atoms with Crippen molar-refractivity contribution < 1.29 is 4.79 Å². The van der Waals surface area contributed by atoms with Gasteiger partial charge in [0.05, 0.1) is 5.52 Å². The molecule has 3 heterocycles. The second-order valence-corrected chi connectivity index (χ2v) is 6.88. The first kappa shape index (κ1) is 17.4. The Bertz CT molecular complexity index is 981. The van der Waals surface area contributed by atoms with Gasteiger partial charge in [-0.1, -0.05) is 6.07 Å². The highest BCUT2D eigenvalue weighted by molar-refractivity contribution is 6.05. The topological polar surface area (TPSA) is 74.2 Å². The third kappa shape index (κ3) is 3.73. The van der Waals surface area contributed by atoms with Gasteiger partial charge in [-0.2, -0.15) is 0 Å². The molecule has 4 rings (SSSR count). The second kappa shape index (κ2) is 7.28. The van der Waals surface area contributed by atoms with Crippen LogP contribution in [0.1, 0.15) is 15.9 Å². The van der Waals surface area contributed by atoms with Crippen molar-refractivity contribution >= 4 is 28.4 Å². The summed E-state index contributed by atoms with van der Waals surface area (Å²) in [4.78, 5) is 30.1. The summed E-state index contributed by atoms with van der Waals surface area (Å²) in [7, 11) is 2.13. The molecule has 0 spiro atoms. The molecule has 1 aliphatic rings. The quantitative estimate of drug-likeness (QED) is 0.771. The van der Waals surface area contributed by atoms with Crippen LogP contribution in [0.5, 0.6) is 0 Å². The molecule has 0 bridgehead atoms. The molecule has 0 atom stereocenters. The molecular formula is C20H22N6O. The summed E-state index contributed by atoms with van der Waals surface area (Å²) in [6.07, 6.45) is 3.20. The summed E-state index contributed by atoms with van der Waals surface area (Å²) in [5.41, 5.74) is 2.48. The lowest BCUT2D eigenvalue weighted by Gasteiger charge is -2.34. The maximum atomic E-state index is 12.7. The van der Waals surface area contributed by atoms with E-state index in [0.717, 1.165) is 48.5 Å². The molecule has 1 saturated heterocycles. The largest absolute Gasteiger partial charge is 0.354 e. The number of piperazine rings is 1. The minimum Gasteiger partial charge on any atom is -0.354 e. The van der Waals surface area contributed by atoms with Crippen molar-refractivity contribution in [3.8, 4) is 0 Å². The Morgan fingerprint density at radius 3 is 2.74 bits per heavy atom. The molecule has 7 heteroatoms. The fraction of sp³-hybridized carbons (Fsp3) is 0.300. The van der Waals surface area contributed by atoms with Crippen molar-refractivity contribution in [3.05, 3.63) is 54.0 Å². The molecule has 0 saturated carbocycles. The van der Waals surface area contributed by atoms with Gasteiger partial charge >= 0.3 is 0 Å². The van der Waals surface area contributed by atoms with Crippen LogP contribution in [0.2, 0.25) is 0 Å². The standard InChI is InChI=1S/C20H22N6O/c1-14-3-6-18(23-19(14)26-9-7-25(2)8-10-26)24-20(27)15-4-5-17-16(11-15)12-21-13-22-17/h3-6,11-13H,7-10H2,1-2H3,(H,23,24,27). The first-order valence-corrected chi connectivity index (χ1v) is 9.02. The number of aryl methyl sites for hydroxylation is 1. The Balaban J connectivity index is 1.54. The second-order valence-electron chi connectivity index (χ2n) is 6.88. The van der Waals surface area contributed by atoms with Gasteiger partial charge in [-0.15, -0.1) is 0 Å². The average Bonchev–Trinajstić information content (AvgIpc) is 2.70. The molecule has 1 amide bonds. The molecule has 1 aromatic carbocycles. The van der Waals surface area contributed by atoms with Crippen LogP contribution in [-0.2, 0) is 0 Å². The number of likely N-dealkylation sites (N-methyl/N-ethyl adjacent to an activating group) is 1. The van der Waals surface area contributed by atoms with Gasteiger partial charge in [-0.25, -0.2) is 15.0 Å².